The zero-order valence-corrected chi connectivity index (χ0v) is 12.9. The number of nitro benzene ring substituents is 1. The molecule has 0 radical (unpaired) electrons. The summed E-state index contributed by atoms with van der Waals surface area (Å²) < 4.78 is 6.12. The lowest BCUT2D eigenvalue weighted by molar-refractivity contribution is -0.386. The van der Waals surface area contributed by atoms with E-state index in [1.807, 2.05) is 5.43 Å². The highest BCUT2D eigenvalue weighted by atomic mass is 79.9. The number of amides is 1. The lowest BCUT2D eigenvalue weighted by Gasteiger charge is -2.21. The number of halogens is 1. The highest BCUT2D eigenvalue weighted by molar-refractivity contribution is 9.10. The van der Waals surface area contributed by atoms with Crippen molar-refractivity contribution in [3.63, 3.8) is 0 Å². The second-order valence-electron chi connectivity index (χ2n) is 4.62. The molecular formula is C12H16BrN3O4. The average molecular weight is 346 g/mol. The molecule has 1 aromatic rings. The third kappa shape index (κ3) is 3.67. The van der Waals surface area contributed by atoms with Crippen molar-refractivity contribution in [2.75, 3.05) is 0 Å². The SMILES string of the molecule is Cc1cc(Br)cc([N+](=O)[O-])c1OC(C(=O)NN)C(C)C. The molecule has 0 fully saturated rings. The van der Waals surface area contributed by atoms with E-state index in [0.717, 1.165) is 0 Å². The van der Waals surface area contributed by atoms with Crippen molar-refractivity contribution >= 4 is 27.5 Å². The molecule has 1 atom stereocenters. The van der Waals surface area contributed by atoms with Crippen LogP contribution < -0.4 is 16.0 Å². The third-order valence-corrected chi connectivity index (χ3v) is 3.13. The standard InChI is InChI=1S/C12H16BrN3O4/c1-6(2)10(12(17)15-14)20-11-7(3)4-8(13)5-9(11)16(18)19/h4-6,10H,14H2,1-3H3,(H,15,17). The van der Waals surface area contributed by atoms with E-state index < -0.39 is 16.9 Å². The van der Waals surface area contributed by atoms with Gasteiger partial charge in [0, 0.05) is 10.5 Å². The molecule has 1 unspecified atom stereocenters. The highest BCUT2D eigenvalue weighted by Crippen LogP contribution is 2.35. The Morgan fingerprint density at radius 2 is 2.10 bits per heavy atom. The molecule has 0 spiro atoms. The van der Waals surface area contributed by atoms with Gasteiger partial charge >= 0.3 is 5.69 Å². The lowest BCUT2D eigenvalue weighted by Crippen LogP contribution is -2.45. The fourth-order valence-electron chi connectivity index (χ4n) is 1.70. The molecule has 0 aliphatic rings. The summed E-state index contributed by atoms with van der Waals surface area (Å²) in [6, 6.07) is 3.01. The maximum absolute atomic E-state index is 11.7. The topological polar surface area (TPSA) is 107 Å². The number of nitrogens with one attached hydrogen (secondary N) is 1. The van der Waals surface area contributed by atoms with Crippen LogP contribution in [0.3, 0.4) is 0 Å². The van der Waals surface area contributed by atoms with E-state index in [9.17, 15) is 14.9 Å². The Morgan fingerprint density at radius 3 is 2.55 bits per heavy atom. The average Bonchev–Trinajstić information content (AvgIpc) is 2.35. The molecule has 0 aliphatic carbocycles. The van der Waals surface area contributed by atoms with E-state index in [2.05, 4.69) is 15.9 Å². The number of ether oxygens (including phenoxy) is 1. The molecule has 3 N–H and O–H groups in total. The van der Waals surface area contributed by atoms with Crippen molar-refractivity contribution in [2.45, 2.75) is 26.9 Å². The lowest BCUT2D eigenvalue weighted by atomic mass is 10.1. The second kappa shape index (κ2) is 6.67. The summed E-state index contributed by atoms with van der Waals surface area (Å²) in [5, 5.41) is 11.1. The molecule has 0 saturated carbocycles. The molecular weight excluding hydrogens is 330 g/mol. The van der Waals surface area contributed by atoms with E-state index in [4.69, 9.17) is 10.6 Å². The summed E-state index contributed by atoms with van der Waals surface area (Å²) in [5.74, 6) is 4.45. The number of rotatable bonds is 5. The first-order valence-electron chi connectivity index (χ1n) is 5.89. The number of hydrazine groups is 1. The van der Waals surface area contributed by atoms with Gasteiger partial charge in [-0.2, -0.15) is 0 Å². The summed E-state index contributed by atoms with van der Waals surface area (Å²) in [4.78, 5) is 22.2. The van der Waals surface area contributed by atoms with Gasteiger partial charge in [0.2, 0.25) is 5.75 Å². The number of nitrogens with zero attached hydrogens (tertiary/aromatic N) is 1. The molecule has 7 nitrogen and oxygen atoms in total. The smallest absolute Gasteiger partial charge is 0.312 e. The summed E-state index contributed by atoms with van der Waals surface area (Å²) in [6.07, 6.45) is -0.904. The summed E-state index contributed by atoms with van der Waals surface area (Å²) >= 11 is 3.19. The van der Waals surface area contributed by atoms with Crippen molar-refractivity contribution in [3.05, 3.63) is 32.3 Å². The Labute approximate surface area is 124 Å². The Morgan fingerprint density at radius 1 is 1.50 bits per heavy atom. The van der Waals surface area contributed by atoms with Gasteiger partial charge in [-0.3, -0.25) is 20.3 Å². The van der Waals surface area contributed by atoms with Gasteiger partial charge in [0.15, 0.2) is 6.10 Å². The van der Waals surface area contributed by atoms with Crippen LogP contribution in [-0.4, -0.2) is 16.9 Å². The van der Waals surface area contributed by atoms with E-state index in [1.54, 1.807) is 26.8 Å². The fraction of sp³-hybridized carbons (Fsp3) is 0.417. The fourth-order valence-corrected chi connectivity index (χ4v) is 2.26. The molecule has 0 saturated heterocycles. The van der Waals surface area contributed by atoms with Crippen LogP contribution in [0, 0.1) is 23.0 Å². The first kappa shape index (κ1) is 16.4. The Balaban J connectivity index is 3.25. The minimum atomic E-state index is -0.904. The highest BCUT2D eigenvalue weighted by Gasteiger charge is 2.28. The molecule has 1 aromatic carbocycles. The summed E-state index contributed by atoms with van der Waals surface area (Å²) in [6.45, 7) is 5.20. The number of aryl methyl sites for hydroxylation is 1. The Bertz CT molecular complexity index is 534. The first-order valence-corrected chi connectivity index (χ1v) is 6.68. The molecule has 8 heteroatoms. The third-order valence-electron chi connectivity index (χ3n) is 2.67. The number of benzene rings is 1. The quantitative estimate of drug-likeness (QED) is 0.367. The molecule has 1 amide bonds. The van der Waals surface area contributed by atoms with Gasteiger partial charge in [-0.25, -0.2) is 5.84 Å². The van der Waals surface area contributed by atoms with Crippen molar-refractivity contribution in [1.82, 2.24) is 5.43 Å². The van der Waals surface area contributed by atoms with Gasteiger partial charge in [0.25, 0.3) is 5.91 Å². The molecule has 0 heterocycles. The molecule has 0 bridgehead atoms. The minimum Gasteiger partial charge on any atom is -0.473 e. The molecule has 0 aromatic heterocycles. The van der Waals surface area contributed by atoms with Gasteiger partial charge in [-0.15, -0.1) is 0 Å². The predicted octanol–water partition coefficient (Wildman–Crippen LogP) is 2.06. The van der Waals surface area contributed by atoms with Crippen LogP contribution in [0.2, 0.25) is 0 Å². The number of nitro groups is 1. The van der Waals surface area contributed by atoms with Gasteiger partial charge < -0.3 is 4.74 Å². The number of carbonyl (C=O) groups is 1. The van der Waals surface area contributed by atoms with E-state index in [-0.39, 0.29) is 17.4 Å². The normalized spacial score (nSPS) is 12.1. The van der Waals surface area contributed by atoms with E-state index in [1.165, 1.54) is 6.07 Å². The van der Waals surface area contributed by atoms with Crippen LogP contribution in [0.25, 0.3) is 0 Å². The maximum atomic E-state index is 11.7. The van der Waals surface area contributed by atoms with Gasteiger partial charge in [0.05, 0.1) is 4.92 Å². The molecule has 110 valence electrons. The van der Waals surface area contributed by atoms with Crippen LogP contribution in [0.5, 0.6) is 5.75 Å². The summed E-state index contributed by atoms with van der Waals surface area (Å²) in [7, 11) is 0. The minimum absolute atomic E-state index is 0.0699. The van der Waals surface area contributed by atoms with Crippen LogP contribution in [-0.2, 0) is 4.79 Å². The van der Waals surface area contributed by atoms with Crippen LogP contribution >= 0.6 is 15.9 Å². The van der Waals surface area contributed by atoms with Crippen LogP contribution in [0.15, 0.2) is 16.6 Å². The van der Waals surface area contributed by atoms with Gasteiger partial charge in [0.1, 0.15) is 0 Å². The van der Waals surface area contributed by atoms with Gasteiger partial charge in [-0.1, -0.05) is 29.8 Å². The maximum Gasteiger partial charge on any atom is 0.312 e. The van der Waals surface area contributed by atoms with Crippen LogP contribution in [0.1, 0.15) is 19.4 Å². The molecule has 20 heavy (non-hydrogen) atoms. The zero-order chi connectivity index (χ0) is 15.4. The van der Waals surface area contributed by atoms with Crippen molar-refractivity contribution in [2.24, 2.45) is 11.8 Å². The largest absolute Gasteiger partial charge is 0.473 e. The first-order chi connectivity index (χ1) is 9.27. The Hall–Kier alpha value is -1.67. The van der Waals surface area contributed by atoms with Crippen molar-refractivity contribution in [3.8, 4) is 5.75 Å². The van der Waals surface area contributed by atoms with Crippen molar-refractivity contribution < 1.29 is 14.5 Å². The second-order valence-corrected chi connectivity index (χ2v) is 5.53. The zero-order valence-electron chi connectivity index (χ0n) is 11.3. The number of hydrogen-bond acceptors (Lipinski definition) is 5. The van der Waals surface area contributed by atoms with E-state index >= 15 is 0 Å². The predicted molar refractivity (Wildman–Crippen MR) is 77.1 cm³/mol. The van der Waals surface area contributed by atoms with E-state index in [0.29, 0.717) is 10.0 Å². The molecule has 1 rings (SSSR count). The van der Waals surface area contributed by atoms with Crippen molar-refractivity contribution in [1.29, 1.82) is 0 Å². The number of hydrogen-bond donors (Lipinski definition) is 2. The van der Waals surface area contributed by atoms with Crippen LogP contribution in [0.4, 0.5) is 5.69 Å². The summed E-state index contributed by atoms with van der Waals surface area (Å²) in [5.41, 5.74) is 2.36. The molecule has 0 aliphatic heterocycles. The number of carbonyl (C=O) groups excluding carboxylic acids is 1. The monoisotopic (exact) mass is 345 g/mol. The Kier molecular flexibility index (Phi) is 5.46. The number of nitrogens with two attached hydrogens (primary N) is 1. The van der Waals surface area contributed by atoms with Gasteiger partial charge in [-0.05, 0) is 24.5 Å².